The summed E-state index contributed by atoms with van der Waals surface area (Å²) in [4.78, 5) is 19.4. The van der Waals surface area contributed by atoms with Crippen LogP contribution < -0.4 is 5.73 Å². The van der Waals surface area contributed by atoms with Crippen molar-refractivity contribution in [3.05, 3.63) is 45.9 Å². The van der Waals surface area contributed by atoms with Gasteiger partial charge in [0.05, 0.1) is 23.1 Å². The van der Waals surface area contributed by atoms with Crippen LogP contribution in [-0.2, 0) is 6.42 Å². The van der Waals surface area contributed by atoms with Gasteiger partial charge in [-0.3, -0.25) is 9.78 Å². The number of pyridine rings is 1. The first-order valence-corrected chi connectivity index (χ1v) is 6.96. The van der Waals surface area contributed by atoms with Gasteiger partial charge in [-0.25, -0.2) is 0 Å². The van der Waals surface area contributed by atoms with E-state index in [1.807, 2.05) is 18.4 Å². The Labute approximate surface area is 116 Å². The summed E-state index contributed by atoms with van der Waals surface area (Å²) in [5.41, 5.74) is 7.49. The highest BCUT2D eigenvalue weighted by atomic mass is 32.1. The van der Waals surface area contributed by atoms with Crippen molar-refractivity contribution >= 4 is 22.9 Å². The molecule has 0 spiro atoms. The van der Waals surface area contributed by atoms with E-state index in [2.05, 4.69) is 11.1 Å². The van der Waals surface area contributed by atoms with Crippen LogP contribution in [0.2, 0.25) is 0 Å². The average Bonchev–Trinajstić information content (AvgIpc) is 2.91. The number of aryl methyl sites for hydroxylation is 1. The second kappa shape index (κ2) is 5.84. The number of hydrogen-bond donors (Lipinski definition) is 1. The molecule has 1 amide bonds. The molecule has 2 heterocycles. The van der Waals surface area contributed by atoms with Crippen molar-refractivity contribution in [2.24, 2.45) is 0 Å². The summed E-state index contributed by atoms with van der Waals surface area (Å²) in [6.07, 6.45) is 2.44. The molecule has 0 saturated carbocycles. The third kappa shape index (κ3) is 3.32. The van der Waals surface area contributed by atoms with Gasteiger partial charge in [-0.15, -0.1) is 11.3 Å². The van der Waals surface area contributed by atoms with Crippen LogP contribution in [0, 0.1) is 6.92 Å². The Hall–Kier alpha value is -1.88. The van der Waals surface area contributed by atoms with Gasteiger partial charge in [-0.05, 0) is 30.9 Å². The molecule has 2 aromatic heterocycles. The van der Waals surface area contributed by atoms with Gasteiger partial charge in [0.15, 0.2) is 0 Å². The molecule has 2 aromatic rings. The number of carbonyl (C=O) groups is 1. The number of hydrogen-bond acceptors (Lipinski definition) is 4. The molecule has 0 aliphatic heterocycles. The molecule has 0 unspecified atom stereocenters. The summed E-state index contributed by atoms with van der Waals surface area (Å²) in [6.45, 7) is 2.51. The predicted octanol–water partition coefficient (Wildman–Crippen LogP) is 2.35. The first-order valence-electron chi connectivity index (χ1n) is 6.08. The maximum atomic E-state index is 12.3. The topological polar surface area (TPSA) is 59.2 Å². The Kier molecular flexibility index (Phi) is 4.16. The molecule has 0 bridgehead atoms. The van der Waals surface area contributed by atoms with Crippen molar-refractivity contribution in [3.8, 4) is 0 Å². The van der Waals surface area contributed by atoms with E-state index in [1.165, 1.54) is 4.88 Å². The number of nitrogens with zero attached hydrogens (tertiary/aromatic N) is 2. The fourth-order valence-corrected chi connectivity index (χ4v) is 2.50. The van der Waals surface area contributed by atoms with Crippen molar-refractivity contribution in [2.45, 2.75) is 13.3 Å². The van der Waals surface area contributed by atoms with Crippen LogP contribution in [0.3, 0.4) is 0 Å². The number of nitrogen functional groups attached to an aromatic ring is 1. The molecule has 0 saturated heterocycles. The van der Waals surface area contributed by atoms with Gasteiger partial charge in [-0.1, -0.05) is 6.07 Å². The number of thiophene rings is 1. The molecule has 0 aliphatic rings. The minimum atomic E-state index is -0.0335. The first kappa shape index (κ1) is 13.5. The van der Waals surface area contributed by atoms with Gasteiger partial charge in [0.2, 0.25) is 0 Å². The molecule has 2 N–H and O–H groups in total. The molecule has 19 heavy (non-hydrogen) atoms. The molecule has 0 aliphatic carbocycles. The standard InChI is InChI=1S/C14H17N3OS/c1-10-13(8-11(15)9-16-10)14(18)17(2)6-5-12-4-3-7-19-12/h3-4,7-9H,5-6,15H2,1-2H3. The van der Waals surface area contributed by atoms with Gasteiger partial charge in [-0.2, -0.15) is 0 Å². The van der Waals surface area contributed by atoms with Gasteiger partial charge in [0.1, 0.15) is 0 Å². The Morgan fingerprint density at radius 3 is 3.00 bits per heavy atom. The molecular formula is C14H17N3OS. The van der Waals surface area contributed by atoms with E-state index in [0.717, 1.165) is 6.42 Å². The van der Waals surface area contributed by atoms with Crippen molar-refractivity contribution in [3.63, 3.8) is 0 Å². The van der Waals surface area contributed by atoms with Gasteiger partial charge < -0.3 is 10.6 Å². The van der Waals surface area contributed by atoms with Crippen molar-refractivity contribution in [2.75, 3.05) is 19.3 Å². The maximum absolute atomic E-state index is 12.3. The first-order chi connectivity index (χ1) is 9.08. The van der Waals surface area contributed by atoms with Crippen LogP contribution in [0.25, 0.3) is 0 Å². The van der Waals surface area contributed by atoms with Crippen molar-refractivity contribution in [1.29, 1.82) is 0 Å². The minimum absolute atomic E-state index is 0.0335. The van der Waals surface area contributed by atoms with E-state index >= 15 is 0 Å². The monoisotopic (exact) mass is 275 g/mol. The van der Waals surface area contributed by atoms with Gasteiger partial charge in [0.25, 0.3) is 5.91 Å². The second-order valence-corrected chi connectivity index (χ2v) is 5.49. The normalized spacial score (nSPS) is 10.4. The molecular weight excluding hydrogens is 258 g/mol. The molecule has 5 heteroatoms. The Morgan fingerprint density at radius 1 is 1.53 bits per heavy atom. The number of amides is 1. The highest BCUT2D eigenvalue weighted by molar-refractivity contribution is 7.09. The van der Waals surface area contributed by atoms with Crippen LogP contribution in [0.4, 0.5) is 5.69 Å². The number of carbonyl (C=O) groups excluding carboxylic acids is 1. The zero-order valence-electron chi connectivity index (χ0n) is 11.1. The van der Waals surface area contributed by atoms with E-state index in [4.69, 9.17) is 5.73 Å². The zero-order valence-corrected chi connectivity index (χ0v) is 11.9. The quantitative estimate of drug-likeness (QED) is 0.931. The lowest BCUT2D eigenvalue weighted by atomic mass is 10.1. The van der Waals surface area contributed by atoms with Gasteiger partial charge in [0, 0.05) is 18.5 Å². The fourth-order valence-electron chi connectivity index (χ4n) is 1.81. The van der Waals surface area contributed by atoms with E-state index in [1.54, 1.807) is 35.5 Å². The lowest BCUT2D eigenvalue weighted by molar-refractivity contribution is 0.0795. The Balaban J connectivity index is 2.04. The zero-order chi connectivity index (χ0) is 13.8. The van der Waals surface area contributed by atoms with Crippen LogP contribution in [0.15, 0.2) is 29.8 Å². The lowest BCUT2D eigenvalue weighted by Crippen LogP contribution is -2.29. The number of anilines is 1. The summed E-state index contributed by atoms with van der Waals surface area (Å²) in [5, 5.41) is 2.04. The molecule has 2 rings (SSSR count). The summed E-state index contributed by atoms with van der Waals surface area (Å²) >= 11 is 1.71. The molecule has 0 radical (unpaired) electrons. The van der Waals surface area contributed by atoms with E-state index < -0.39 is 0 Å². The fraction of sp³-hybridized carbons (Fsp3) is 0.286. The third-order valence-corrected chi connectivity index (χ3v) is 3.90. The second-order valence-electron chi connectivity index (χ2n) is 4.46. The average molecular weight is 275 g/mol. The smallest absolute Gasteiger partial charge is 0.255 e. The van der Waals surface area contributed by atoms with Crippen LogP contribution in [-0.4, -0.2) is 29.4 Å². The van der Waals surface area contributed by atoms with Crippen LogP contribution >= 0.6 is 11.3 Å². The maximum Gasteiger partial charge on any atom is 0.255 e. The Bertz CT molecular complexity index is 566. The molecule has 4 nitrogen and oxygen atoms in total. The molecule has 0 atom stereocenters. The highest BCUT2D eigenvalue weighted by Gasteiger charge is 2.15. The SMILES string of the molecule is Cc1ncc(N)cc1C(=O)N(C)CCc1cccs1. The van der Waals surface area contributed by atoms with E-state index in [-0.39, 0.29) is 5.91 Å². The lowest BCUT2D eigenvalue weighted by Gasteiger charge is -2.17. The number of rotatable bonds is 4. The largest absolute Gasteiger partial charge is 0.397 e. The van der Waals surface area contributed by atoms with Crippen LogP contribution in [0.1, 0.15) is 20.9 Å². The summed E-state index contributed by atoms with van der Waals surface area (Å²) in [5.74, 6) is -0.0335. The minimum Gasteiger partial charge on any atom is -0.397 e. The van der Waals surface area contributed by atoms with Crippen molar-refractivity contribution < 1.29 is 4.79 Å². The molecule has 0 fully saturated rings. The Morgan fingerprint density at radius 2 is 2.32 bits per heavy atom. The van der Waals surface area contributed by atoms with Crippen LogP contribution in [0.5, 0.6) is 0 Å². The number of nitrogens with two attached hydrogens (primary N) is 1. The number of likely N-dealkylation sites (N-methyl/N-ethyl adjacent to an activating group) is 1. The third-order valence-electron chi connectivity index (χ3n) is 2.96. The van der Waals surface area contributed by atoms with E-state index in [0.29, 0.717) is 23.5 Å². The summed E-state index contributed by atoms with van der Waals surface area (Å²) in [7, 11) is 1.80. The van der Waals surface area contributed by atoms with Crippen molar-refractivity contribution in [1.82, 2.24) is 9.88 Å². The molecule has 100 valence electrons. The van der Waals surface area contributed by atoms with Gasteiger partial charge >= 0.3 is 0 Å². The highest BCUT2D eigenvalue weighted by Crippen LogP contribution is 2.13. The summed E-state index contributed by atoms with van der Waals surface area (Å²) in [6, 6.07) is 5.79. The predicted molar refractivity (Wildman–Crippen MR) is 78.4 cm³/mol. The molecule has 0 aromatic carbocycles. The van der Waals surface area contributed by atoms with E-state index in [9.17, 15) is 4.79 Å². The summed E-state index contributed by atoms with van der Waals surface area (Å²) < 4.78 is 0. The number of aromatic nitrogens is 1.